The van der Waals surface area contributed by atoms with Gasteiger partial charge in [-0.1, -0.05) is 18.6 Å². The zero-order valence-electron chi connectivity index (χ0n) is 10.8. The predicted octanol–water partition coefficient (Wildman–Crippen LogP) is 1.88. The first-order chi connectivity index (χ1) is 9.24. The van der Waals surface area contributed by atoms with E-state index in [4.69, 9.17) is 5.73 Å². The maximum Gasteiger partial charge on any atom is 0.282 e. The van der Waals surface area contributed by atoms with Crippen LogP contribution in [0.2, 0.25) is 0 Å². The highest BCUT2D eigenvalue weighted by Crippen LogP contribution is 2.21. The monoisotopic (exact) mass is 258 g/mol. The van der Waals surface area contributed by atoms with Crippen molar-refractivity contribution in [1.29, 1.82) is 0 Å². The lowest BCUT2D eigenvalue weighted by Gasteiger charge is -2.26. The number of nitrogens with zero attached hydrogens (tertiary/aromatic N) is 1. The van der Waals surface area contributed by atoms with Crippen molar-refractivity contribution in [3.05, 3.63) is 30.0 Å². The third-order valence-corrected chi connectivity index (χ3v) is 3.55. The lowest BCUT2D eigenvalue weighted by Crippen LogP contribution is -2.45. The van der Waals surface area contributed by atoms with Crippen LogP contribution in [0.3, 0.4) is 0 Å². The summed E-state index contributed by atoms with van der Waals surface area (Å²) >= 11 is 0. The number of carbonyl (C=O) groups excluding carboxylic acids is 1. The Morgan fingerprint density at radius 2 is 2.05 bits per heavy atom. The van der Waals surface area contributed by atoms with Crippen LogP contribution in [0.4, 0.5) is 5.69 Å². The molecule has 1 aliphatic rings. The molecule has 19 heavy (non-hydrogen) atoms. The Morgan fingerprint density at radius 1 is 1.26 bits per heavy atom. The number of anilines is 1. The number of aromatic nitrogens is 1. The number of H-pyrrole nitrogens is 1. The van der Waals surface area contributed by atoms with Crippen LogP contribution in [0.25, 0.3) is 10.9 Å². The van der Waals surface area contributed by atoms with Crippen molar-refractivity contribution in [3.8, 4) is 0 Å². The second kappa shape index (κ2) is 4.93. The van der Waals surface area contributed by atoms with Crippen LogP contribution in [-0.4, -0.2) is 29.0 Å². The molecule has 0 saturated carbocycles. The molecule has 0 unspecified atom stereocenters. The van der Waals surface area contributed by atoms with E-state index in [1.807, 2.05) is 29.3 Å². The molecule has 0 spiro atoms. The van der Waals surface area contributed by atoms with E-state index in [2.05, 4.69) is 10.4 Å². The quantitative estimate of drug-likeness (QED) is 0.720. The van der Waals surface area contributed by atoms with Crippen LogP contribution in [0.1, 0.15) is 29.8 Å². The standard InChI is InChI=1S/C14H18N4O/c15-11-6-4-5-10-9-12(16-13(10)11)14(19)17-18-7-2-1-3-8-18/h4-6,9,16H,1-3,7-8,15H2,(H,17,19). The molecule has 5 nitrogen and oxygen atoms in total. The maximum absolute atomic E-state index is 12.2. The molecule has 0 radical (unpaired) electrons. The van der Waals surface area contributed by atoms with Crippen molar-refractivity contribution in [1.82, 2.24) is 15.4 Å². The van der Waals surface area contributed by atoms with Crippen LogP contribution >= 0.6 is 0 Å². The fraction of sp³-hybridized carbons (Fsp3) is 0.357. The van der Waals surface area contributed by atoms with E-state index in [0.717, 1.165) is 36.8 Å². The molecule has 4 N–H and O–H groups in total. The number of piperidine rings is 1. The van der Waals surface area contributed by atoms with E-state index in [-0.39, 0.29) is 5.91 Å². The average molecular weight is 258 g/mol. The SMILES string of the molecule is Nc1cccc2cc(C(=O)NN3CCCCC3)[nH]c12. The van der Waals surface area contributed by atoms with Gasteiger partial charge in [-0.3, -0.25) is 10.2 Å². The van der Waals surface area contributed by atoms with E-state index in [1.165, 1.54) is 6.42 Å². The summed E-state index contributed by atoms with van der Waals surface area (Å²) in [5.41, 5.74) is 10.9. The molecular formula is C14H18N4O. The van der Waals surface area contributed by atoms with Gasteiger partial charge in [0.25, 0.3) is 5.91 Å². The number of amides is 1. The van der Waals surface area contributed by atoms with Gasteiger partial charge in [-0.05, 0) is 25.0 Å². The van der Waals surface area contributed by atoms with Crippen LogP contribution in [-0.2, 0) is 0 Å². The summed E-state index contributed by atoms with van der Waals surface area (Å²) in [5, 5.41) is 2.95. The summed E-state index contributed by atoms with van der Waals surface area (Å²) in [6.07, 6.45) is 3.52. The summed E-state index contributed by atoms with van der Waals surface area (Å²) in [7, 11) is 0. The van der Waals surface area contributed by atoms with Gasteiger partial charge in [0.15, 0.2) is 0 Å². The number of hydrogen-bond acceptors (Lipinski definition) is 3. The van der Waals surface area contributed by atoms with Crippen molar-refractivity contribution in [2.24, 2.45) is 0 Å². The third kappa shape index (κ3) is 2.42. The first-order valence-electron chi connectivity index (χ1n) is 6.67. The summed E-state index contributed by atoms with van der Waals surface area (Å²) in [6.45, 7) is 1.85. The average Bonchev–Trinajstić information content (AvgIpc) is 2.85. The number of benzene rings is 1. The fourth-order valence-corrected chi connectivity index (χ4v) is 2.51. The van der Waals surface area contributed by atoms with Crippen molar-refractivity contribution < 1.29 is 4.79 Å². The molecule has 1 fully saturated rings. The number of hydrogen-bond donors (Lipinski definition) is 3. The molecule has 1 aromatic carbocycles. The topological polar surface area (TPSA) is 74.2 Å². The Hall–Kier alpha value is -2.01. The van der Waals surface area contributed by atoms with Gasteiger partial charge >= 0.3 is 0 Å². The lowest BCUT2D eigenvalue weighted by molar-refractivity contribution is 0.0745. The van der Waals surface area contributed by atoms with Gasteiger partial charge < -0.3 is 10.7 Å². The molecule has 0 bridgehead atoms. The minimum atomic E-state index is -0.0995. The van der Waals surface area contributed by atoms with Gasteiger partial charge in [0.1, 0.15) is 5.69 Å². The Bertz CT molecular complexity index is 599. The van der Waals surface area contributed by atoms with Gasteiger partial charge in [0, 0.05) is 18.5 Å². The second-order valence-corrected chi connectivity index (χ2v) is 4.98. The molecule has 1 amide bonds. The van der Waals surface area contributed by atoms with Crippen molar-refractivity contribution in [2.45, 2.75) is 19.3 Å². The minimum absolute atomic E-state index is 0.0995. The zero-order chi connectivity index (χ0) is 13.2. The molecule has 2 heterocycles. The number of aromatic amines is 1. The normalized spacial score (nSPS) is 16.6. The molecular weight excluding hydrogens is 240 g/mol. The highest BCUT2D eigenvalue weighted by atomic mass is 16.2. The lowest BCUT2D eigenvalue weighted by atomic mass is 10.2. The number of rotatable bonds is 2. The largest absolute Gasteiger partial charge is 0.397 e. The Morgan fingerprint density at radius 3 is 2.79 bits per heavy atom. The zero-order valence-corrected chi connectivity index (χ0v) is 10.8. The van der Waals surface area contributed by atoms with Crippen LogP contribution in [0.15, 0.2) is 24.3 Å². The number of nitrogens with one attached hydrogen (secondary N) is 2. The molecule has 1 aliphatic heterocycles. The van der Waals surface area contributed by atoms with Gasteiger partial charge in [0.05, 0.1) is 11.2 Å². The molecule has 1 saturated heterocycles. The number of hydrazine groups is 1. The van der Waals surface area contributed by atoms with Gasteiger partial charge in [-0.15, -0.1) is 0 Å². The smallest absolute Gasteiger partial charge is 0.282 e. The summed E-state index contributed by atoms with van der Waals surface area (Å²) in [6, 6.07) is 7.49. The van der Waals surface area contributed by atoms with Gasteiger partial charge in [-0.25, -0.2) is 5.01 Å². The Labute approximate surface area is 111 Å². The van der Waals surface area contributed by atoms with Crippen molar-refractivity contribution in [3.63, 3.8) is 0 Å². The number of nitrogens with two attached hydrogens (primary N) is 1. The predicted molar refractivity (Wildman–Crippen MR) is 75.6 cm³/mol. The van der Waals surface area contributed by atoms with Crippen LogP contribution in [0, 0.1) is 0 Å². The van der Waals surface area contributed by atoms with E-state index < -0.39 is 0 Å². The van der Waals surface area contributed by atoms with E-state index in [0.29, 0.717) is 11.4 Å². The van der Waals surface area contributed by atoms with Gasteiger partial charge in [-0.2, -0.15) is 0 Å². The third-order valence-electron chi connectivity index (χ3n) is 3.55. The molecule has 1 aromatic heterocycles. The minimum Gasteiger partial charge on any atom is -0.397 e. The van der Waals surface area contributed by atoms with Gasteiger partial charge in [0.2, 0.25) is 0 Å². The molecule has 2 aromatic rings. The number of nitrogen functional groups attached to an aromatic ring is 1. The molecule has 3 rings (SSSR count). The van der Waals surface area contributed by atoms with Crippen LogP contribution in [0.5, 0.6) is 0 Å². The molecule has 5 heteroatoms. The summed E-state index contributed by atoms with van der Waals surface area (Å²) in [4.78, 5) is 15.3. The molecule has 0 atom stereocenters. The van der Waals surface area contributed by atoms with Crippen molar-refractivity contribution >= 4 is 22.5 Å². The Balaban J connectivity index is 1.79. The highest BCUT2D eigenvalue weighted by molar-refractivity contribution is 6.00. The Kier molecular flexibility index (Phi) is 3.13. The van der Waals surface area contributed by atoms with Crippen LogP contribution < -0.4 is 11.2 Å². The first kappa shape index (κ1) is 12.0. The van der Waals surface area contributed by atoms with E-state index >= 15 is 0 Å². The first-order valence-corrected chi connectivity index (χ1v) is 6.67. The number of para-hydroxylation sites is 1. The van der Waals surface area contributed by atoms with E-state index in [9.17, 15) is 4.79 Å². The highest BCUT2D eigenvalue weighted by Gasteiger charge is 2.15. The number of carbonyl (C=O) groups is 1. The second-order valence-electron chi connectivity index (χ2n) is 4.98. The van der Waals surface area contributed by atoms with E-state index in [1.54, 1.807) is 0 Å². The fourth-order valence-electron chi connectivity index (χ4n) is 2.51. The maximum atomic E-state index is 12.2. The summed E-state index contributed by atoms with van der Waals surface area (Å²) < 4.78 is 0. The number of fused-ring (bicyclic) bond motifs is 1. The van der Waals surface area contributed by atoms with Crippen molar-refractivity contribution in [2.75, 3.05) is 18.8 Å². The summed E-state index contributed by atoms with van der Waals surface area (Å²) in [5.74, 6) is -0.0995. The molecule has 0 aliphatic carbocycles. The molecule has 100 valence electrons.